The van der Waals surface area contributed by atoms with Crippen LogP contribution in [0.15, 0.2) is 36.9 Å². The average Bonchev–Trinajstić information content (AvgIpc) is 2.87. The van der Waals surface area contributed by atoms with E-state index in [9.17, 15) is 0 Å². The normalized spacial score (nSPS) is 12.6. The van der Waals surface area contributed by atoms with E-state index in [-0.39, 0.29) is 6.04 Å². The maximum atomic E-state index is 4.18. The van der Waals surface area contributed by atoms with Crippen molar-refractivity contribution in [1.29, 1.82) is 0 Å². The maximum Gasteiger partial charge on any atom is 0.137 e. The molecule has 4 nitrogen and oxygen atoms in total. The van der Waals surface area contributed by atoms with Crippen molar-refractivity contribution in [3.8, 4) is 0 Å². The molecule has 96 valence electrons. The van der Waals surface area contributed by atoms with Crippen LogP contribution in [-0.4, -0.2) is 21.3 Å². The first-order valence-corrected chi connectivity index (χ1v) is 6.42. The van der Waals surface area contributed by atoms with Gasteiger partial charge < -0.3 is 5.32 Å². The monoisotopic (exact) mass is 244 g/mol. The molecular weight excluding hydrogens is 224 g/mol. The van der Waals surface area contributed by atoms with Crippen molar-refractivity contribution >= 4 is 0 Å². The van der Waals surface area contributed by atoms with Crippen LogP contribution in [0.1, 0.15) is 30.5 Å². The summed E-state index contributed by atoms with van der Waals surface area (Å²) in [6, 6.07) is 8.90. The van der Waals surface area contributed by atoms with Gasteiger partial charge in [0.05, 0.1) is 12.6 Å². The lowest BCUT2D eigenvalue weighted by molar-refractivity contribution is 0.438. The standard InChI is InChI=1S/C14H20N4/c1-3-7-16-14(9-18-11-15-10-17-18)13-6-4-5-12(2)8-13/h4-6,8,10-11,14,16H,3,7,9H2,1-2H3. The van der Waals surface area contributed by atoms with Crippen LogP contribution in [0.25, 0.3) is 0 Å². The zero-order chi connectivity index (χ0) is 12.8. The van der Waals surface area contributed by atoms with Crippen LogP contribution in [0.4, 0.5) is 0 Å². The summed E-state index contributed by atoms with van der Waals surface area (Å²) in [5.74, 6) is 0. The van der Waals surface area contributed by atoms with Gasteiger partial charge in [-0.05, 0) is 25.5 Å². The fourth-order valence-corrected chi connectivity index (χ4v) is 2.01. The molecule has 18 heavy (non-hydrogen) atoms. The van der Waals surface area contributed by atoms with Gasteiger partial charge in [-0.1, -0.05) is 36.8 Å². The first-order chi connectivity index (χ1) is 8.79. The van der Waals surface area contributed by atoms with Crippen LogP contribution in [-0.2, 0) is 6.54 Å². The molecule has 1 atom stereocenters. The Kier molecular flexibility index (Phi) is 4.47. The van der Waals surface area contributed by atoms with Gasteiger partial charge in [-0.2, -0.15) is 5.10 Å². The molecule has 1 unspecified atom stereocenters. The third kappa shape index (κ3) is 3.40. The smallest absolute Gasteiger partial charge is 0.137 e. The van der Waals surface area contributed by atoms with E-state index in [1.165, 1.54) is 11.1 Å². The summed E-state index contributed by atoms with van der Waals surface area (Å²) < 4.78 is 1.87. The first-order valence-electron chi connectivity index (χ1n) is 6.42. The van der Waals surface area contributed by atoms with Gasteiger partial charge in [-0.15, -0.1) is 0 Å². The van der Waals surface area contributed by atoms with Crippen LogP contribution in [0.5, 0.6) is 0 Å². The first kappa shape index (κ1) is 12.8. The van der Waals surface area contributed by atoms with E-state index in [1.54, 1.807) is 12.7 Å². The lowest BCUT2D eigenvalue weighted by Crippen LogP contribution is -2.26. The Morgan fingerprint density at radius 1 is 1.39 bits per heavy atom. The van der Waals surface area contributed by atoms with Crippen molar-refractivity contribution in [3.63, 3.8) is 0 Å². The van der Waals surface area contributed by atoms with Crippen molar-refractivity contribution < 1.29 is 0 Å². The van der Waals surface area contributed by atoms with Crippen LogP contribution in [0.2, 0.25) is 0 Å². The highest BCUT2D eigenvalue weighted by Crippen LogP contribution is 2.16. The van der Waals surface area contributed by atoms with Gasteiger partial charge in [-0.25, -0.2) is 4.98 Å². The molecule has 0 aliphatic rings. The molecule has 1 aromatic heterocycles. The molecule has 4 heteroatoms. The van der Waals surface area contributed by atoms with Crippen LogP contribution >= 0.6 is 0 Å². The number of aryl methyl sites for hydroxylation is 1. The second kappa shape index (κ2) is 6.31. The van der Waals surface area contributed by atoms with Crippen LogP contribution in [0.3, 0.4) is 0 Å². The number of hydrogen-bond donors (Lipinski definition) is 1. The van der Waals surface area contributed by atoms with E-state index in [0.29, 0.717) is 0 Å². The summed E-state index contributed by atoms with van der Waals surface area (Å²) in [5, 5.41) is 7.74. The maximum absolute atomic E-state index is 4.18. The second-order valence-corrected chi connectivity index (χ2v) is 4.54. The lowest BCUT2D eigenvalue weighted by Gasteiger charge is -2.19. The Morgan fingerprint density at radius 2 is 2.28 bits per heavy atom. The molecule has 1 aromatic carbocycles. The Bertz CT molecular complexity index is 464. The van der Waals surface area contributed by atoms with Gasteiger partial charge in [0.25, 0.3) is 0 Å². The third-order valence-electron chi connectivity index (χ3n) is 2.92. The highest BCUT2D eigenvalue weighted by Gasteiger charge is 2.11. The number of nitrogens with one attached hydrogen (secondary N) is 1. The predicted molar refractivity (Wildman–Crippen MR) is 72.2 cm³/mol. The van der Waals surface area contributed by atoms with Crippen molar-refractivity contribution in [1.82, 2.24) is 20.1 Å². The Hall–Kier alpha value is -1.68. The molecule has 0 bridgehead atoms. The molecule has 2 aromatic rings. The minimum Gasteiger partial charge on any atom is -0.308 e. The zero-order valence-electron chi connectivity index (χ0n) is 11.0. The molecule has 0 amide bonds. The fraction of sp³-hybridized carbons (Fsp3) is 0.429. The van der Waals surface area contributed by atoms with E-state index in [2.05, 4.69) is 53.5 Å². The Morgan fingerprint density at radius 3 is 2.94 bits per heavy atom. The summed E-state index contributed by atoms with van der Waals surface area (Å²) in [4.78, 5) is 3.99. The quantitative estimate of drug-likeness (QED) is 0.848. The molecule has 0 aliphatic carbocycles. The topological polar surface area (TPSA) is 42.7 Å². The Balaban J connectivity index is 2.13. The molecule has 0 fully saturated rings. The molecule has 0 saturated heterocycles. The van der Waals surface area contributed by atoms with Gasteiger partial charge in [0.2, 0.25) is 0 Å². The molecular formula is C14H20N4. The highest BCUT2D eigenvalue weighted by molar-refractivity contribution is 5.25. The second-order valence-electron chi connectivity index (χ2n) is 4.54. The molecule has 0 saturated carbocycles. The van der Waals surface area contributed by atoms with E-state index >= 15 is 0 Å². The minimum absolute atomic E-state index is 0.284. The summed E-state index contributed by atoms with van der Waals surface area (Å²) in [6.07, 6.45) is 4.46. The van der Waals surface area contributed by atoms with Crippen molar-refractivity contribution in [3.05, 3.63) is 48.0 Å². The summed E-state index contributed by atoms with van der Waals surface area (Å²) in [7, 11) is 0. The summed E-state index contributed by atoms with van der Waals surface area (Å²) >= 11 is 0. The van der Waals surface area contributed by atoms with Crippen molar-refractivity contribution in [2.75, 3.05) is 6.54 Å². The molecule has 0 radical (unpaired) electrons. The van der Waals surface area contributed by atoms with E-state index in [1.807, 2.05) is 4.68 Å². The molecule has 0 aliphatic heterocycles. The third-order valence-corrected chi connectivity index (χ3v) is 2.92. The fourth-order valence-electron chi connectivity index (χ4n) is 2.01. The number of benzene rings is 1. The summed E-state index contributed by atoms with van der Waals surface area (Å²) in [6.45, 7) is 6.11. The number of nitrogens with zero attached hydrogens (tertiary/aromatic N) is 3. The van der Waals surface area contributed by atoms with Crippen molar-refractivity contribution in [2.45, 2.75) is 32.9 Å². The van der Waals surface area contributed by atoms with E-state index in [0.717, 1.165) is 19.5 Å². The predicted octanol–water partition coefficient (Wildman–Crippen LogP) is 2.33. The largest absolute Gasteiger partial charge is 0.308 e. The zero-order valence-corrected chi connectivity index (χ0v) is 11.0. The average molecular weight is 244 g/mol. The van der Waals surface area contributed by atoms with Gasteiger partial charge in [0.15, 0.2) is 0 Å². The van der Waals surface area contributed by atoms with Crippen molar-refractivity contribution in [2.24, 2.45) is 0 Å². The van der Waals surface area contributed by atoms with Crippen LogP contribution < -0.4 is 5.32 Å². The number of hydrogen-bond acceptors (Lipinski definition) is 3. The highest BCUT2D eigenvalue weighted by atomic mass is 15.3. The van der Waals surface area contributed by atoms with Gasteiger partial charge in [-0.3, -0.25) is 4.68 Å². The number of rotatable bonds is 6. The van der Waals surface area contributed by atoms with Gasteiger partial charge >= 0.3 is 0 Å². The van der Waals surface area contributed by atoms with Gasteiger partial charge in [0.1, 0.15) is 12.7 Å². The lowest BCUT2D eigenvalue weighted by atomic mass is 10.0. The molecule has 1 N–H and O–H groups in total. The number of aromatic nitrogens is 3. The van der Waals surface area contributed by atoms with Crippen LogP contribution in [0, 0.1) is 6.92 Å². The van der Waals surface area contributed by atoms with E-state index < -0.39 is 0 Å². The van der Waals surface area contributed by atoms with Gasteiger partial charge in [0, 0.05) is 0 Å². The minimum atomic E-state index is 0.284. The Labute approximate surface area is 108 Å². The summed E-state index contributed by atoms with van der Waals surface area (Å²) in [5.41, 5.74) is 2.59. The molecule has 1 heterocycles. The molecule has 0 spiro atoms. The van der Waals surface area contributed by atoms with E-state index in [4.69, 9.17) is 0 Å². The SMILES string of the molecule is CCCNC(Cn1cncn1)c1cccc(C)c1. The molecule has 2 rings (SSSR count).